The average molecular weight is 335 g/mol. The number of hydrogen-bond donors (Lipinski definition) is 1. The Morgan fingerprint density at radius 2 is 1.37 bits per heavy atom. The molecule has 2 aromatic rings. The Morgan fingerprint density at radius 1 is 0.789 bits per heavy atom. The summed E-state index contributed by atoms with van der Waals surface area (Å²) in [6.45, 7) is 0. The van der Waals surface area contributed by atoms with Gasteiger partial charge in [-0.2, -0.15) is 0 Å². The number of benzene rings is 2. The van der Waals surface area contributed by atoms with Crippen LogP contribution in [0.2, 0.25) is 20.1 Å². The molecule has 0 atom stereocenters. The van der Waals surface area contributed by atoms with E-state index in [0.717, 1.165) is 0 Å². The first-order valence-electron chi connectivity index (χ1n) is 5.14. The minimum absolute atomic E-state index is 0.324. The molecule has 0 fully saturated rings. The van der Waals surface area contributed by atoms with Gasteiger partial charge in [0, 0.05) is 21.7 Å². The van der Waals surface area contributed by atoms with Crippen molar-refractivity contribution < 1.29 is 4.79 Å². The van der Waals surface area contributed by atoms with Gasteiger partial charge in [0.2, 0.25) is 5.91 Å². The van der Waals surface area contributed by atoms with E-state index in [0.29, 0.717) is 36.8 Å². The van der Waals surface area contributed by atoms with E-state index in [1.54, 1.807) is 24.3 Å². The third kappa shape index (κ3) is 2.98. The fourth-order valence-electron chi connectivity index (χ4n) is 1.62. The van der Waals surface area contributed by atoms with Crippen LogP contribution in [-0.2, 0) is 0 Å². The van der Waals surface area contributed by atoms with Gasteiger partial charge in [-0.3, -0.25) is 4.79 Å². The van der Waals surface area contributed by atoms with Crippen LogP contribution in [0.4, 0.5) is 0 Å². The second-order valence-corrected chi connectivity index (χ2v) is 5.43. The highest BCUT2D eigenvalue weighted by Gasteiger charge is 2.12. The maximum absolute atomic E-state index is 11.1. The van der Waals surface area contributed by atoms with Crippen LogP contribution < -0.4 is 5.73 Å². The molecule has 2 N–H and O–H groups in total. The summed E-state index contributed by atoms with van der Waals surface area (Å²) < 4.78 is 0. The molecular weight excluding hydrogens is 328 g/mol. The van der Waals surface area contributed by atoms with E-state index in [1.165, 1.54) is 6.07 Å². The molecule has 0 saturated carbocycles. The molecule has 0 saturated heterocycles. The fraction of sp³-hybridized carbons (Fsp3) is 0. The quantitative estimate of drug-likeness (QED) is 0.766. The lowest BCUT2D eigenvalue weighted by Crippen LogP contribution is -2.10. The van der Waals surface area contributed by atoms with E-state index in [4.69, 9.17) is 52.1 Å². The molecule has 98 valence electrons. The van der Waals surface area contributed by atoms with Crippen molar-refractivity contribution in [3.05, 3.63) is 56.0 Å². The lowest BCUT2D eigenvalue weighted by atomic mass is 10.0. The van der Waals surface area contributed by atoms with Crippen molar-refractivity contribution in [2.45, 2.75) is 0 Å². The molecule has 6 heteroatoms. The number of carbonyl (C=O) groups is 1. The highest BCUT2D eigenvalue weighted by atomic mass is 35.5. The Morgan fingerprint density at radius 3 is 1.95 bits per heavy atom. The molecule has 0 heterocycles. The maximum atomic E-state index is 11.1. The Bertz CT molecular complexity index is 670. The van der Waals surface area contributed by atoms with E-state index < -0.39 is 5.91 Å². The Balaban J connectivity index is 2.59. The topological polar surface area (TPSA) is 43.1 Å². The van der Waals surface area contributed by atoms with Gasteiger partial charge in [0.25, 0.3) is 0 Å². The van der Waals surface area contributed by atoms with Gasteiger partial charge in [-0.1, -0.05) is 52.5 Å². The van der Waals surface area contributed by atoms with Crippen molar-refractivity contribution in [2.75, 3.05) is 0 Å². The zero-order valence-electron chi connectivity index (χ0n) is 9.38. The normalized spacial score (nSPS) is 10.5. The molecule has 1 amide bonds. The fourth-order valence-corrected chi connectivity index (χ4v) is 2.55. The summed E-state index contributed by atoms with van der Waals surface area (Å²) in [5.41, 5.74) is 6.79. The summed E-state index contributed by atoms with van der Waals surface area (Å²) in [6, 6.07) is 7.88. The van der Waals surface area contributed by atoms with Gasteiger partial charge in [-0.15, -0.1) is 0 Å². The molecule has 2 aromatic carbocycles. The molecule has 0 aliphatic rings. The molecule has 0 bridgehead atoms. The molecule has 2 nitrogen and oxygen atoms in total. The molecule has 2 rings (SSSR count). The van der Waals surface area contributed by atoms with Gasteiger partial charge in [0.05, 0.1) is 15.1 Å². The van der Waals surface area contributed by atoms with Crippen molar-refractivity contribution in [3.8, 4) is 11.1 Å². The molecule has 0 aromatic heterocycles. The lowest BCUT2D eigenvalue weighted by Gasteiger charge is -2.09. The maximum Gasteiger partial charge on any atom is 0.248 e. The summed E-state index contributed by atoms with van der Waals surface area (Å²) in [5.74, 6) is -0.548. The molecule has 0 spiro atoms. The van der Waals surface area contributed by atoms with Gasteiger partial charge in [0.1, 0.15) is 0 Å². The first-order valence-corrected chi connectivity index (χ1v) is 6.65. The average Bonchev–Trinajstić information content (AvgIpc) is 2.34. The second-order valence-electron chi connectivity index (χ2n) is 3.81. The van der Waals surface area contributed by atoms with Crippen molar-refractivity contribution >= 4 is 52.3 Å². The number of primary amides is 1. The van der Waals surface area contributed by atoms with E-state index in [9.17, 15) is 4.79 Å². The van der Waals surface area contributed by atoms with Gasteiger partial charge in [-0.05, 0) is 24.3 Å². The van der Waals surface area contributed by atoms with Crippen LogP contribution in [0.3, 0.4) is 0 Å². The summed E-state index contributed by atoms with van der Waals surface area (Å²) in [7, 11) is 0. The largest absolute Gasteiger partial charge is 0.366 e. The summed E-state index contributed by atoms with van der Waals surface area (Å²) in [5, 5.41) is 1.51. The third-order valence-electron chi connectivity index (χ3n) is 2.55. The molecule has 0 aliphatic heterocycles. The summed E-state index contributed by atoms with van der Waals surface area (Å²) in [4.78, 5) is 11.1. The SMILES string of the molecule is NC(=O)c1ccc(-c2cc(Cl)c(Cl)cc2Cl)c(Cl)c1. The first kappa shape index (κ1) is 14.5. The number of halogens is 4. The Hall–Kier alpha value is -0.930. The number of hydrogen-bond acceptors (Lipinski definition) is 1. The minimum Gasteiger partial charge on any atom is -0.366 e. The van der Waals surface area contributed by atoms with Gasteiger partial charge < -0.3 is 5.73 Å². The minimum atomic E-state index is -0.548. The van der Waals surface area contributed by atoms with Crippen LogP contribution >= 0.6 is 46.4 Å². The van der Waals surface area contributed by atoms with Crippen LogP contribution in [0.15, 0.2) is 30.3 Å². The zero-order chi connectivity index (χ0) is 14.2. The Labute approximate surface area is 130 Å². The molecule has 0 aliphatic carbocycles. The second kappa shape index (κ2) is 5.59. The Kier molecular flexibility index (Phi) is 4.26. The van der Waals surface area contributed by atoms with Crippen LogP contribution in [-0.4, -0.2) is 5.91 Å². The first-order chi connectivity index (χ1) is 8.90. The summed E-state index contributed by atoms with van der Waals surface area (Å²) >= 11 is 24.1. The van der Waals surface area contributed by atoms with E-state index >= 15 is 0 Å². The number of rotatable bonds is 2. The van der Waals surface area contributed by atoms with Gasteiger partial charge in [-0.25, -0.2) is 0 Å². The van der Waals surface area contributed by atoms with Crippen LogP contribution in [0.5, 0.6) is 0 Å². The van der Waals surface area contributed by atoms with Gasteiger partial charge >= 0.3 is 0 Å². The number of nitrogens with two attached hydrogens (primary N) is 1. The summed E-state index contributed by atoms with van der Waals surface area (Å²) in [6.07, 6.45) is 0. The smallest absolute Gasteiger partial charge is 0.248 e. The predicted octanol–water partition coefficient (Wildman–Crippen LogP) is 5.07. The standard InChI is InChI=1S/C13H7Cl4NO/c14-9-3-6(13(18)19)1-2-7(9)8-4-11(16)12(17)5-10(8)15/h1-5H,(H2,18,19). The predicted molar refractivity (Wildman–Crippen MR) is 80.4 cm³/mol. The van der Waals surface area contributed by atoms with E-state index in [-0.39, 0.29) is 0 Å². The van der Waals surface area contributed by atoms with E-state index in [2.05, 4.69) is 0 Å². The zero-order valence-corrected chi connectivity index (χ0v) is 12.4. The van der Waals surface area contributed by atoms with Gasteiger partial charge in [0.15, 0.2) is 0 Å². The highest BCUT2D eigenvalue weighted by molar-refractivity contribution is 6.44. The lowest BCUT2D eigenvalue weighted by molar-refractivity contribution is 0.100. The number of amides is 1. The van der Waals surface area contributed by atoms with Crippen molar-refractivity contribution in [2.24, 2.45) is 5.73 Å². The van der Waals surface area contributed by atoms with Crippen molar-refractivity contribution in [1.29, 1.82) is 0 Å². The molecule has 19 heavy (non-hydrogen) atoms. The van der Waals surface area contributed by atoms with Crippen molar-refractivity contribution in [1.82, 2.24) is 0 Å². The van der Waals surface area contributed by atoms with Crippen LogP contribution in [0, 0.1) is 0 Å². The third-order valence-corrected chi connectivity index (χ3v) is 3.90. The van der Waals surface area contributed by atoms with Crippen molar-refractivity contribution in [3.63, 3.8) is 0 Å². The number of carbonyl (C=O) groups excluding carboxylic acids is 1. The molecule has 0 unspecified atom stereocenters. The van der Waals surface area contributed by atoms with Crippen LogP contribution in [0.25, 0.3) is 11.1 Å². The monoisotopic (exact) mass is 333 g/mol. The van der Waals surface area contributed by atoms with E-state index in [1.807, 2.05) is 0 Å². The highest BCUT2D eigenvalue weighted by Crippen LogP contribution is 2.38. The van der Waals surface area contributed by atoms with Crippen LogP contribution in [0.1, 0.15) is 10.4 Å². The molecular formula is C13H7Cl4NO. The molecule has 0 radical (unpaired) electrons.